The lowest BCUT2D eigenvalue weighted by Gasteiger charge is -2.06. The molecule has 0 bridgehead atoms. The molecule has 1 aromatic carbocycles. The minimum atomic E-state index is 1.05. The van der Waals surface area contributed by atoms with E-state index in [1.807, 2.05) is 24.0 Å². The van der Waals surface area contributed by atoms with Crippen molar-refractivity contribution in [2.45, 2.75) is 12.8 Å². The minimum absolute atomic E-state index is 1.05. The number of aromatic nitrogens is 1. The summed E-state index contributed by atoms with van der Waals surface area (Å²) in [6.45, 7) is 1.05. The molecule has 0 saturated heterocycles. The Morgan fingerprint density at radius 3 is 3.06 bits per heavy atom. The van der Waals surface area contributed by atoms with Gasteiger partial charge in [0, 0.05) is 23.8 Å². The average molecular weight is 246 g/mol. The van der Waals surface area contributed by atoms with Crippen LogP contribution in [0.2, 0.25) is 0 Å². The van der Waals surface area contributed by atoms with E-state index >= 15 is 0 Å². The van der Waals surface area contributed by atoms with Crippen LogP contribution in [0.5, 0.6) is 0 Å². The molecule has 0 radical (unpaired) electrons. The maximum atomic E-state index is 4.31. The molecule has 3 heteroatoms. The van der Waals surface area contributed by atoms with E-state index in [-0.39, 0.29) is 0 Å². The molecule has 17 heavy (non-hydrogen) atoms. The normalized spacial score (nSPS) is 10.6. The molecule has 90 valence electrons. The number of pyridine rings is 1. The number of benzene rings is 1. The summed E-state index contributed by atoms with van der Waals surface area (Å²) in [5.74, 6) is 1.25. The molecular weight excluding hydrogens is 228 g/mol. The third kappa shape index (κ3) is 3.63. The number of hydrogen-bond acceptors (Lipinski definition) is 3. The van der Waals surface area contributed by atoms with Gasteiger partial charge in [-0.25, -0.2) is 0 Å². The summed E-state index contributed by atoms with van der Waals surface area (Å²) in [7, 11) is 0. The van der Waals surface area contributed by atoms with Gasteiger partial charge in [-0.3, -0.25) is 4.98 Å². The second-order valence-electron chi connectivity index (χ2n) is 4.04. The highest BCUT2D eigenvalue weighted by atomic mass is 32.2. The fourth-order valence-electron chi connectivity index (χ4n) is 1.79. The van der Waals surface area contributed by atoms with Crippen LogP contribution in [0.4, 0.5) is 5.69 Å². The van der Waals surface area contributed by atoms with Crippen LogP contribution in [0, 0.1) is 0 Å². The molecular formula is C14H18N2S. The highest BCUT2D eigenvalue weighted by Gasteiger charge is 1.96. The van der Waals surface area contributed by atoms with Crippen molar-refractivity contribution in [1.29, 1.82) is 0 Å². The number of fused-ring (bicyclic) bond motifs is 1. The monoisotopic (exact) mass is 246 g/mol. The summed E-state index contributed by atoms with van der Waals surface area (Å²) in [5.41, 5.74) is 2.25. The molecule has 1 N–H and O–H groups in total. The fourth-order valence-corrected chi connectivity index (χ4v) is 2.28. The Bertz CT molecular complexity index is 470. The standard InChI is InChI=1S/C14H18N2S/c1-17-10-3-2-8-15-13-6-7-14-12(11-13)5-4-9-16-14/h4-7,9,11,15H,2-3,8,10H2,1H3. The predicted octanol–water partition coefficient (Wildman–Crippen LogP) is 3.79. The van der Waals surface area contributed by atoms with Gasteiger partial charge in [0.05, 0.1) is 5.52 Å². The average Bonchev–Trinajstić information content (AvgIpc) is 2.38. The highest BCUT2D eigenvalue weighted by Crippen LogP contribution is 2.16. The van der Waals surface area contributed by atoms with Gasteiger partial charge in [-0.15, -0.1) is 0 Å². The Morgan fingerprint density at radius 2 is 2.18 bits per heavy atom. The van der Waals surface area contributed by atoms with E-state index in [9.17, 15) is 0 Å². The van der Waals surface area contributed by atoms with E-state index in [4.69, 9.17) is 0 Å². The quantitative estimate of drug-likeness (QED) is 0.785. The van der Waals surface area contributed by atoms with E-state index in [1.165, 1.54) is 29.7 Å². The number of hydrogen-bond donors (Lipinski definition) is 1. The summed E-state index contributed by atoms with van der Waals surface area (Å²) in [4.78, 5) is 4.31. The van der Waals surface area contributed by atoms with Crippen LogP contribution in [0.3, 0.4) is 0 Å². The first kappa shape index (κ1) is 12.2. The van der Waals surface area contributed by atoms with Gasteiger partial charge >= 0.3 is 0 Å². The molecule has 0 atom stereocenters. The van der Waals surface area contributed by atoms with Crippen LogP contribution in [0.15, 0.2) is 36.5 Å². The molecule has 1 heterocycles. The van der Waals surface area contributed by atoms with Crippen molar-refractivity contribution in [3.8, 4) is 0 Å². The van der Waals surface area contributed by atoms with Crippen LogP contribution in [0.25, 0.3) is 10.9 Å². The zero-order valence-corrected chi connectivity index (χ0v) is 11.0. The van der Waals surface area contributed by atoms with Gasteiger partial charge in [-0.2, -0.15) is 11.8 Å². The molecule has 0 aliphatic carbocycles. The van der Waals surface area contributed by atoms with Crippen molar-refractivity contribution in [1.82, 2.24) is 4.98 Å². The van der Waals surface area contributed by atoms with Gasteiger partial charge in [-0.1, -0.05) is 6.07 Å². The molecule has 2 nitrogen and oxygen atoms in total. The Balaban J connectivity index is 1.90. The summed E-state index contributed by atoms with van der Waals surface area (Å²) in [6, 6.07) is 10.4. The van der Waals surface area contributed by atoms with Crippen molar-refractivity contribution in [2.75, 3.05) is 23.9 Å². The number of thioether (sulfide) groups is 1. The smallest absolute Gasteiger partial charge is 0.0703 e. The highest BCUT2D eigenvalue weighted by molar-refractivity contribution is 7.98. The van der Waals surface area contributed by atoms with Gasteiger partial charge in [0.25, 0.3) is 0 Å². The zero-order chi connectivity index (χ0) is 11.9. The second-order valence-corrected chi connectivity index (χ2v) is 5.02. The summed E-state index contributed by atoms with van der Waals surface area (Å²) in [5, 5.41) is 4.65. The first-order chi connectivity index (χ1) is 8.40. The molecule has 0 aliphatic heterocycles. The van der Waals surface area contributed by atoms with Gasteiger partial charge in [0.2, 0.25) is 0 Å². The number of anilines is 1. The summed E-state index contributed by atoms with van der Waals surface area (Å²) >= 11 is 1.91. The molecule has 0 aliphatic rings. The molecule has 0 fully saturated rings. The number of unbranched alkanes of at least 4 members (excludes halogenated alkanes) is 1. The van der Waals surface area contributed by atoms with E-state index in [1.54, 1.807) is 0 Å². The molecule has 2 aromatic rings. The Labute approximate surface area is 107 Å². The third-order valence-electron chi connectivity index (χ3n) is 2.71. The van der Waals surface area contributed by atoms with Crippen molar-refractivity contribution in [3.05, 3.63) is 36.5 Å². The predicted molar refractivity (Wildman–Crippen MR) is 77.8 cm³/mol. The molecule has 0 spiro atoms. The van der Waals surface area contributed by atoms with Crippen LogP contribution in [-0.2, 0) is 0 Å². The van der Waals surface area contributed by atoms with E-state index in [0.29, 0.717) is 0 Å². The minimum Gasteiger partial charge on any atom is -0.385 e. The van der Waals surface area contributed by atoms with Crippen LogP contribution in [0.1, 0.15) is 12.8 Å². The topological polar surface area (TPSA) is 24.9 Å². The Hall–Kier alpha value is -1.22. The van der Waals surface area contributed by atoms with Crippen molar-refractivity contribution >= 4 is 28.4 Å². The lowest BCUT2D eigenvalue weighted by Crippen LogP contribution is -2.01. The number of rotatable bonds is 6. The zero-order valence-electron chi connectivity index (χ0n) is 10.1. The van der Waals surface area contributed by atoms with E-state index in [0.717, 1.165) is 12.1 Å². The van der Waals surface area contributed by atoms with Gasteiger partial charge in [0.1, 0.15) is 0 Å². The lowest BCUT2D eigenvalue weighted by atomic mass is 10.2. The van der Waals surface area contributed by atoms with E-state index in [2.05, 4.69) is 40.8 Å². The third-order valence-corrected chi connectivity index (χ3v) is 3.40. The SMILES string of the molecule is CSCCCCNc1ccc2ncccc2c1. The van der Waals surface area contributed by atoms with Crippen LogP contribution in [-0.4, -0.2) is 23.5 Å². The summed E-state index contributed by atoms with van der Waals surface area (Å²) in [6.07, 6.45) is 6.50. The Morgan fingerprint density at radius 1 is 1.24 bits per heavy atom. The summed E-state index contributed by atoms with van der Waals surface area (Å²) < 4.78 is 0. The van der Waals surface area contributed by atoms with Crippen LogP contribution < -0.4 is 5.32 Å². The van der Waals surface area contributed by atoms with Crippen molar-refractivity contribution in [2.24, 2.45) is 0 Å². The van der Waals surface area contributed by atoms with Gasteiger partial charge < -0.3 is 5.32 Å². The first-order valence-corrected chi connectivity index (χ1v) is 7.37. The van der Waals surface area contributed by atoms with Gasteiger partial charge in [0.15, 0.2) is 0 Å². The number of nitrogens with zero attached hydrogens (tertiary/aromatic N) is 1. The van der Waals surface area contributed by atoms with Crippen LogP contribution >= 0.6 is 11.8 Å². The molecule has 2 rings (SSSR count). The molecule has 1 aromatic heterocycles. The maximum Gasteiger partial charge on any atom is 0.0703 e. The van der Waals surface area contributed by atoms with Crippen molar-refractivity contribution in [3.63, 3.8) is 0 Å². The van der Waals surface area contributed by atoms with Gasteiger partial charge in [-0.05, 0) is 49.1 Å². The molecule has 0 saturated carbocycles. The molecule has 0 amide bonds. The second kappa shape index (κ2) is 6.50. The number of nitrogens with one attached hydrogen (secondary N) is 1. The molecule has 0 unspecified atom stereocenters. The lowest BCUT2D eigenvalue weighted by molar-refractivity contribution is 0.843. The maximum absolute atomic E-state index is 4.31. The fraction of sp³-hybridized carbons (Fsp3) is 0.357. The van der Waals surface area contributed by atoms with Crippen molar-refractivity contribution < 1.29 is 0 Å². The van der Waals surface area contributed by atoms with E-state index < -0.39 is 0 Å². The Kier molecular flexibility index (Phi) is 4.68. The largest absolute Gasteiger partial charge is 0.385 e. The first-order valence-electron chi connectivity index (χ1n) is 5.98.